The first kappa shape index (κ1) is 19.5. The summed E-state index contributed by atoms with van der Waals surface area (Å²) in [5.41, 5.74) is 5.00. The summed E-state index contributed by atoms with van der Waals surface area (Å²) < 4.78 is 5.51. The molecule has 1 heterocycles. The molecule has 0 saturated carbocycles. The molecule has 0 spiro atoms. The molecule has 0 unspecified atom stereocenters. The van der Waals surface area contributed by atoms with E-state index < -0.39 is 0 Å². The van der Waals surface area contributed by atoms with Gasteiger partial charge in [0.15, 0.2) is 5.11 Å². The lowest BCUT2D eigenvalue weighted by Gasteiger charge is -2.38. The van der Waals surface area contributed by atoms with Gasteiger partial charge in [-0.3, -0.25) is 0 Å². The summed E-state index contributed by atoms with van der Waals surface area (Å²) >= 11 is 5.75. The predicted molar refractivity (Wildman–Crippen MR) is 118 cm³/mol. The van der Waals surface area contributed by atoms with Crippen LogP contribution in [0.4, 0.5) is 11.4 Å². The Bertz CT molecular complexity index is 763. The van der Waals surface area contributed by atoms with Crippen molar-refractivity contribution in [2.75, 3.05) is 43.5 Å². The number of para-hydroxylation sites is 3. The van der Waals surface area contributed by atoms with Crippen LogP contribution in [0.15, 0.2) is 42.5 Å². The average molecular weight is 384 g/mol. The minimum atomic E-state index is 0.824. The van der Waals surface area contributed by atoms with Gasteiger partial charge in [-0.15, -0.1) is 0 Å². The van der Waals surface area contributed by atoms with E-state index in [4.69, 9.17) is 17.0 Å². The maximum atomic E-state index is 5.75. The van der Waals surface area contributed by atoms with Crippen molar-refractivity contribution in [3.05, 3.63) is 53.6 Å². The van der Waals surface area contributed by atoms with Crippen molar-refractivity contribution in [1.29, 1.82) is 0 Å². The molecule has 27 heavy (non-hydrogen) atoms. The van der Waals surface area contributed by atoms with Gasteiger partial charge in [0.25, 0.3) is 0 Å². The summed E-state index contributed by atoms with van der Waals surface area (Å²) in [4.78, 5) is 4.64. The molecule has 4 nitrogen and oxygen atoms in total. The Morgan fingerprint density at radius 3 is 2.19 bits per heavy atom. The van der Waals surface area contributed by atoms with Gasteiger partial charge < -0.3 is 19.9 Å². The fourth-order valence-electron chi connectivity index (χ4n) is 3.63. The first-order valence-corrected chi connectivity index (χ1v) is 10.1. The molecule has 1 saturated heterocycles. The van der Waals surface area contributed by atoms with Crippen LogP contribution in [0, 0.1) is 0 Å². The number of thiocarbonyl (C=S) groups is 1. The van der Waals surface area contributed by atoms with Crippen molar-refractivity contribution in [2.45, 2.75) is 26.7 Å². The second kappa shape index (κ2) is 9.09. The van der Waals surface area contributed by atoms with E-state index in [9.17, 15) is 0 Å². The van der Waals surface area contributed by atoms with Crippen molar-refractivity contribution < 1.29 is 4.74 Å². The molecule has 1 aliphatic rings. The summed E-state index contributed by atoms with van der Waals surface area (Å²) in [5, 5.41) is 4.37. The van der Waals surface area contributed by atoms with E-state index in [2.05, 4.69) is 59.3 Å². The molecule has 2 aromatic carbocycles. The van der Waals surface area contributed by atoms with Gasteiger partial charge in [0, 0.05) is 31.9 Å². The number of nitrogens with zero attached hydrogens (tertiary/aromatic N) is 2. The van der Waals surface area contributed by atoms with Crippen LogP contribution in [0.25, 0.3) is 0 Å². The molecule has 1 N–H and O–H groups in total. The summed E-state index contributed by atoms with van der Waals surface area (Å²) in [6, 6.07) is 14.7. The van der Waals surface area contributed by atoms with Crippen LogP contribution in [-0.4, -0.2) is 43.3 Å². The highest BCUT2D eigenvalue weighted by molar-refractivity contribution is 7.80. The van der Waals surface area contributed by atoms with E-state index in [1.807, 2.05) is 12.1 Å². The van der Waals surface area contributed by atoms with Crippen molar-refractivity contribution in [2.24, 2.45) is 0 Å². The minimum absolute atomic E-state index is 0.824. The normalized spacial score (nSPS) is 14.2. The molecular formula is C22H29N3OS. The van der Waals surface area contributed by atoms with Gasteiger partial charge in [-0.05, 0) is 48.3 Å². The Labute approximate surface area is 168 Å². The number of nitrogens with one attached hydrogen (secondary N) is 1. The number of methoxy groups -OCH3 is 1. The Hall–Kier alpha value is -2.27. The molecule has 0 radical (unpaired) electrons. The van der Waals surface area contributed by atoms with E-state index in [-0.39, 0.29) is 0 Å². The molecule has 144 valence electrons. The third-order valence-electron chi connectivity index (χ3n) is 5.22. The van der Waals surface area contributed by atoms with Gasteiger partial charge in [-0.2, -0.15) is 0 Å². The number of anilines is 2. The topological polar surface area (TPSA) is 27.7 Å². The molecule has 1 aliphatic heterocycles. The Balaban J connectivity index is 1.66. The first-order valence-electron chi connectivity index (χ1n) is 9.72. The number of hydrogen-bond acceptors (Lipinski definition) is 3. The average Bonchev–Trinajstić information content (AvgIpc) is 2.73. The van der Waals surface area contributed by atoms with Crippen molar-refractivity contribution in [3.8, 4) is 5.75 Å². The largest absolute Gasteiger partial charge is 0.495 e. The van der Waals surface area contributed by atoms with Crippen molar-refractivity contribution in [1.82, 2.24) is 4.90 Å². The number of hydrogen-bond donors (Lipinski definition) is 1. The number of rotatable bonds is 5. The lowest BCUT2D eigenvalue weighted by molar-refractivity contribution is 0.382. The lowest BCUT2D eigenvalue weighted by atomic mass is 10.0. The molecule has 1 fully saturated rings. The number of aryl methyl sites for hydroxylation is 2. The van der Waals surface area contributed by atoms with Crippen LogP contribution in [0.3, 0.4) is 0 Å². The van der Waals surface area contributed by atoms with E-state index >= 15 is 0 Å². The van der Waals surface area contributed by atoms with Crippen LogP contribution in [0.1, 0.15) is 25.0 Å². The van der Waals surface area contributed by atoms with Gasteiger partial charge in [0.1, 0.15) is 5.75 Å². The van der Waals surface area contributed by atoms with Gasteiger partial charge in [0.05, 0.1) is 12.8 Å². The number of benzene rings is 2. The van der Waals surface area contributed by atoms with E-state index in [1.54, 1.807) is 7.11 Å². The summed E-state index contributed by atoms with van der Waals surface area (Å²) in [5.74, 6) is 0.927. The van der Waals surface area contributed by atoms with Crippen molar-refractivity contribution >= 4 is 28.7 Å². The highest BCUT2D eigenvalue weighted by Gasteiger charge is 2.21. The highest BCUT2D eigenvalue weighted by Crippen LogP contribution is 2.29. The molecule has 0 atom stereocenters. The van der Waals surface area contributed by atoms with Crippen LogP contribution >= 0.6 is 12.2 Å². The van der Waals surface area contributed by atoms with Gasteiger partial charge in [-0.1, -0.05) is 44.2 Å². The van der Waals surface area contributed by atoms with Gasteiger partial charge in [0.2, 0.25) is 0 Å². The fourth-order valence-corrected chi connectivity index (χ4v) is 3.92. The van der Waals surface area contributed by atoms with Crippen LogP contribution in [0.5, 0.6) is 5.75 Å². The standard InChI is InChI=1S/C22H29N3OS/c1-4-17-9-8-10-18(5-2)21(17)23-22(27)25-15-13-24(14-16-25)19-11-6-7-12-20(19)26-3/h6-12H,4-5,13-16H2,1-3H3,(H,23,27). The second-order valence-electron chi connectivity index (χ2n) is 6.73. The lowest BCUT2D eigenvalue weighted by Crippen LogP contribution is -2.50. The fraction of sp³-hybridized carbons (Fsp3) is 0.409. The van der Waals surface area contributed by atoms with Crippen LogP contribution in [0.2, 0.25) is 0 Å². The van der Waals surface area contributed by atoms with Crippen LogP contribution in [-0.2, 0) is 12.8 Å². The van der Waals surface area contributed by atoms with E-state index in [1.165, 1.54) is 16.8 Å². The maximum absolute atomic E-state index is 5.75. The quantitative estimate of drug-likeness (QED) is 0.776. The Kier molecular flexibility index (Phi) is 6.56. The molecular weight excluding hydrogens is 354 g/mol. The van der Waals surface area contributed by atoms with Gasteiger partial charge in [-0.25, -0.2) is 0 Å². The number of ether oxygens (including phenoxy) is 1. The summed E-state index contributed by atoms with van der Waals surface area (Å²) in [6.07, 6.45) is 2.00. The van der Waals surface area contributed by atoms with E-state index in [0.29, 0.717) is 0 Å². The third-order valence-corrected chi connectivity index (χ3v) is 5.58. The van der Waals surface area contributed by atoms with Crippen LogP contribution < -0.4 is 15.0 Å². The van der Waals surface area contributed by atoms with Gasteiger partial charge >= 0.3 is 0 Å². The number of piperazine rings is 1. The maximum Gasteiger partial charge on any atom is 0.173 e. The van der Waals surface area contributed by atoms with E-state index in [0.717, 1.165) is 55.6 Å². The monoisotopic (exact) mass is 383 g/mol. The molecule has 0 bridgehead atoms. The zero-order chi connectivity index (χ0) is 19.2. The highest BCUT2D eigenvalue weighted by atomic mass is 32.1. The molecule has 3 rings (SSSR count). The Morgan fingerprint density at radius 1 is 0.963 bits per heavy atom. The summed E-state index contributed by atoms with van der Waals surface area (Å²) in [6.45, 7) is 8.04. The molecule has 2 aromatic rings. The smallest absolute Gasteiger partial charge is 0.173 e. The molecule has 5 heteroatoms. The molecule has 0 amide bonds. The zero-order valence-electron chi connectivity index (χ0n) is 16.5. The first-order chi connectivity index (χ1) is 13.2. The molecule has 0 aliphatic carbocycles. The minimum Gasteiger partial charge on any atom is -0.495 e. The zero-order valence-corrected chi connectivity index (χ0v) is 17.3. The third kappa shape index (κ3) is 4.35. The second-order valence-corrected chi connectivity index (χ2v) is 7.12. The molecule has 0 aromatic heterocycles. The summed E-state index contributed by atoms with van der Waals surface area (Å²) in [7, 11) is 1.73. The Morgan fingerprint density at radius 2 is 1.59 bits per heavy atom. The SMILES string of the molecule is CCc1cccc(CC)c1NC(=S)N1CCN(c2ccccc2OC)CC1. The van der Waals surface area contributed by atoms with Crippen molar-refractivity contribution in [3.63, 3.8) is 0 Å². The predicted octanol–water partition coefficient (Wildman–Crippen LogP) is 4.34.